The minimum Gasteiger partial charge on any atom is -0.497 e. The highest BCUT2D eigenvalue weighted by Gasteiger charge is 2.37. The number of ether oxygens (including phenoxy) is 8. The molecular formula is C56H79BrN6O10P4. The van der Waals surface area contributed by atoms with E-state index in [9.17, 15) is 9.13 Å². The van der Waals surface area contributed by atoms with Crippen LogP contribution in [0, 0.1) is 0 Å². The molecule has 6 aromatic carbocycles. The van der Waals surface area contributed by atoms with Gasteiger partial charge in [0.15, 0.2) is 0 Å². The van der Waals surface area contributed by atoms with Crippen LogP contribution in [0.25, 0.3) is 0 Å². The minimum atomic E-state index is -3.14. The van der Waals surface area contributed by atoms with Gasteiger partial charge in [0, 0.05) is 108 Å². The van der Waals surface area contributed by atoms with Gasteiger partial charge < -0.3 is 47.7 Å². The van der Waals surface area contributed by atoms with Gasteiger partial charge in [0.1, 0.15) is 46.0 Å². The third-order valence-electron chi connectivity index (χ3n) is 12.4. The zero-order valence-corrected chi connectivity index (χ0v) is 53.6. The number of rotatable bonds is 21. The molecular weight excluding hydrogens is 1120 g/mol. The lowest BCUT2D eigenvalue weighted by molar-refractivity contribution is 0.396. The van der Waals surface area contributed by atoms with Gasteiger partial charge in [0.2, 0.25) is 14.9 Å². The van der Waals surface area contributed by atoms with Crippen molar-refractivity contribution in [2.75, 3.05) is 151 Å². The molecule has 0 aliphatic rings. The SMILES string of the molecule is CN(C)c1ccc(P(=O)(N(C)C)N(C)C)cc1.COc1ccc(P(Br)c2ccc(OC)cc2OC)c(OC)c1.COc1ccc(P(c2ccc(OC)cc2OC)c2cc(N(C)C)ccc2P(=O)(N(C)C)N(C)C)c(OC)c1. The van der Waals surface area contributed by atoms with Gasteiger partial charge in [-0.3, -0.25) is 9.13 Å². The van der Waals surface area contributed by atoms with E-state index in [4.69, 9.17) is 37.9 Å². The standard InChI is InChI=1S/C28H39N3O5P2.C16H18BrO4P.C12H22N3OP/c1-29(2)20-11-16-28(38(32,30(3)4)31(5)6)27(17-20)37(25-14-12-21(33-7)18-23(25)35-9)26-15-13-22(34-8)19-24(26)36-10;1-18-11-5-7-15(13(9-11)20-3)22(17)16-8-6-12(19-2)10-14(16)21-4;1-13(2)11-7-9-12(10-8-11)17(16,14(3)4)15(5)6/h11-19H,1-10H3;5-10H,1-4H3;7-10H,1-6H3. The van der Waals surface area contributed by atoms with E-state index in [0.717, 1.165) is 71.5 Å². The number of anilines is 2. The Morgan fingerprint density at radius 3 is 0.961 bits per heavy atom. The Hall–Kier alpha value is -5.04. The van der Waals surface area contributed by atoms with Crippen LogP contribution in [-0.4, -0.2) is 160 Å². The van der Waals surface area contributed by atoms with Crippen molar-refractivity contribution in [1.82, 2.24) is 18.7 Å². The van der Waals surface area contributed by atoms with E-state index < -0.39 is 29.4 Å². The van der Waals surface area contributed by atoms with Crippen LogP contribution in [0.1, 0.15) is 0 Å². The molecule has 0 heterocycles. The Balaban J connectivity index is 0.000000276. The molecule has 6 aromatic rings. The second-order valence-corrected chi connectivity index (χ2v) is 30.4. The summed E-state index contributed by atoms with van der Waals surface area (Å²) in [5, 5.41) is 6.59. The molecule has 77 heavy (non-hydrogen) atoms. The normalized spacial score (nSPS) is 11.5. The summed E-state index contributed by atoms with van der Waals surface area (Å²) in [7, 11) is 28.9. The zero-order chi connectivity index (χ0) is 57.5. The molecule has 0 aliphatic carbocycles. The van der Waals surface area contributed by atoms with Crippen molar-refractivity contribution in [3.63, 3.8) is 0 Å². The van der Waals surface area contributed by atoms with E-state index in [-0.39, 0.29) is 0 Å². The summed E-state index contributed by atoms with van der Waals surface area (Å²) >= 11 is 3.79. The molecule has 0 unspecified atom stereocenters. The highest BCUT2D eigenvalue weighted by atomic mass is 79.9. The maximum absolute atomic E-state index is 14.7. The maximum Gasteiger partial charge on any atom is 0.245 e. The van der Waals surface area contributed by atoms with Crippen molar-refractivity contribution in [3.05, 3.63) is 115 Å². The molecule has 0 amide bonds. The van der Waals surface area contributed by atoms with Crippen LogP contribution in [-0.2, 0) is 9.13 Å². The summed E-state index contributed by atoms with van der Waals surface area (Å²) in [5.41, 5.74) is 2.11. The average molecular weight is 1200 g/mol. The van der Waals surface area contributed by atoms with Crippen LogP contribution in [0.2, 0.25) is 0 Å². The van der Waals surface area contributed by atoms with Gasteiger partial charge in [-0.15, -0.1) is 0 Å². The van der Waals surface area contributed by atoms with Crippen LogP contribution >= 0.6 is 44.9 Å². The van der Waals surface area contributed by atoms with Crippen LogP contribution in [0.4, 0.5) is 11.4 Å². The Kier molecular flexibility index (Phi) is 24.5. The quantitative estimate of drug-likeness (QED) is 0.0638. The highest BCUT2D eigenvalue weighted by Crippen LogP contribution is 2.52. The zero-order valence-electron chi connectivity index (χ0n) is 48.4. The van der Waals surface area contributed by atoms with Gasteiger partial charge in [-0.2, -0.15) is 0 Å². The molecule has 0 saturated carbocycles. The third-order valence-corrected chi connectivity index (χ3v) is 25.3. The summed E-state index contributed by atoms with van der Waals surface area (Å²) < 4.78 is 79.1. The predicted octanol–water partition coefficient (Wildman–Crippen LogP) is 8.64. The number of halogens is 1. The molecule has 420 valence electrons. The second-order valence-electron chi connectivity index (χ2n) is 18.2. The molecule has 0 fully saturated rings. The van der Waals surface area contributed by atoms with Crippen molar-refractivity contribution in [2.45, 2.75) is 0 Å². The molecule has 0 radical (unpaired) electrons. The first kappa shape index (κ1) is 64.5. The van der Waals surface area contributed by atoms with E-state index in [1.165, 1.54) is 0 Å². The summed E-state index contributed by atoms with van der Waals surface area (Å²) in [5.74, 6) is 5.82. The first-order chi connectivity index (χ1) is 36.5. The predicted molar refractivity (Wildman–Crippen MR) is 330 cm³/mol. The molecule has 0 N–H and O–H groups in total. The maximum atomic E-state index is 14.7. The number of hydrogen-bond donors (Lipinski definition) is 0. The summed E-state index contributed by atoms with van der Waals surface area (Å²) in [4.78, 5) is 4.08. The smallest absolute Gasteiger partial charge is 0.245 e. The van der Waals surface area contributed by atoms with E-state index in [1.54, 1.807) is 66.2 Å². The Morgan fingerprint density at radius 1 is 0.351 bits per heavy atom. The topological polar surface area (TPSA) is 127 Å². The van der Waals surface area contributed by atoms with Gasteiger partial charge in [-0.1, -0.05) is 0 Å². The molecule has 6 rings (SSSR count). The monoisotopic (exact) mass is 1200 g/mol. The number of methoxy groups -OCH3 is 8. The molecule has 0 saturated heterocycles. The summed E-state index contributed by atoms with van der Waals surface area (Å²) in [6.07, 6.45) is 0. The lowest BCUT2D eigenvalue weighted by Gasteiger charge is -2.35. The van der Waals surface area contributed by atoms with Gasteiger partial charge >= 0.3 is 0 Å². The minimum absolute atomic E-state index is 0.680. The fourth-order valence-electron chi connectivity index (χ4n) is 8.12. The fraction of sp³-hybridized carbons (Fsp3) is 0.357. The average Bonchev–Trinajstić information content (AvgIpc) is 3.44. The van der Waals surface area contributed by atoms with Crippen molar-refractivity contribution >= 4 is 93.4 Å². The van der Waals surface area contributed by atoms with Gasteiger partial charge in [-0.25, -0.2) is 18.7 Å². The second kappa shape index (κ2) is 29.3. The van der Waals surface area contributed by atoms with E-state index in [2.05, 4.69) is 21.6 Å². The first-order valence-electron chi connectivity index (χ1n) is 24.1. The number of nitrogens with zero attached hydrogens (tertiary/aromatic N) is 6. The largest absolute Gasteiger partial charge is 0.497 e. The van der Waals surface area contributed by atoms with E-state index >= 15 is 0 Å². The summed E-state index contributed by atoms with van der Waals surface area (Å²) in [6, 6.07) is 37.3. The van der Waals surface area contributed by atoms with Crippen molar-refractivity contribution in [3.8, 4) is 46.0 Å². The Morgan fingerprint density at radius 2 is 0.662 bits per heavy atom. The highest BCUT2D eigenvalue weighted by molar-refractivity contribution is 9.41. The van der Waals surface area contributed by atoms with Crippen molar-refractivity contribution < 1.29 is 47.0 Å². The fourth-order valence-corrected chi connectivity index (χ4v) is 18.9. The van der Waals surface area contributed by atoms with Crippen LogP contribution in [0.3, 0.4) is 0 Å². The van der Waals surface area contributed by atoms with Crippen LogP contribution in [0.5, 0.6) is 46.0 Å². The first-order valence-corrected chi connectivity index (χ1v) is 32.1. The molecule has 0 spiro atoms. The third kappa shape index (κ3) is 15.0. The molecule has 21 heteroatoms. The molecule has 0 bridgehead atoms. The molecule has 16 nitrogen and oxygen atoms in total. The number of hydrogen-bond acceptors (Lipinski definition) is 12. The lowest BCUT2D eigenvalue weighted by Crippen LogP contribution is -2.39. The Labute approximate surface area is 469 Å². The van der Waals surface area contributed by atoms with E-state index in [0.29, 0.717) is 23.0 Å². The van der Waals surface area contributed by atoms with Crippen molar-refractivity contribution in [2.24, 2.45) is 0 Å². The van der Waals surface area contributed by atoms with Gasteiger partial charge in [0.25, 0.3) is 0 Å². The number of benzene rings is 6. The summed E-state index contributed by atoms with van der Waals surface area (Å²) in [6.45, 7) is -0.807. The van der Waals surface area contributed by atoms with Crippen LogP contribution < -0.4 is 84.8 Å². The van der Waals surface area contributed by atoms with Gasteiger partial charge in [0.05, 0.1) is 56.9 Å². The van der Waals surface area contributed by atoms with Crippen molar-refractivity contribution in [1.29, 1.82) is 0 Å². The molecule has 0 aromatic heterocycles. The Bertz CT molecular complexity index is 2830. The lowest BCUT2D eigenvalue weighted by atomic mass is 10.3. The molecule has 0 atom stereocenters. The molecule has 0 aliphatic heterocycles. The van der Waals surface area contributed by atoms with Crippen LogP contribution in [0.15, 0.2) is 115 Å². The van der Waals surface area contributed by atoms with E-state index in [1.807, 2.05) is 213 Å². The van der Waals surface area contributed by atoms with Gasteiger partial charge in [-0.05, 0) is 171 Å².